The van der Waals surface area contributed by atoms with Crippen LogP contribution in [0.15, 0.2) is 42.7 Å². The van der Waals surface area contributed by atoms with Gasteiger partial charge in [0.1, 0.15) is 9.88 Å². The molecule has 0 aliphatic rings. The molecular formula is C20H21N3OS. The highest BCUT2D eigenvalue weighted by Gasteiger charge is 2.20. The summed E-state index contributed by atoms with van der Waals surface area (Å²) in [7, 11) is 1.81. The molecule has 2 heterocycles. The Bertz CT molecular complexity index is 903. The van der Waals surface area contributed by atoms with Crippen LogP contribution in [-0.2, 0) is 6.54 Å². The highest BCUT2D eigenvalue weighted by Crippen LogP contribution is 2.31. The molecule has 128 valence electrons. The molecule has 3 aromatic rings. The Hall–Kier alpha value is -2.53. The molecular weight excluding hydrogens is 330 g/mol. The number of pyridine rings is 1. The third-order valence-corrected chi connectivity index (χ3v) is 5.27. The minimum absolute atomic E-state index is 0.00475. The average Bonchev–Trinajstić information content (AvgIpc) is 2.96. The third-order valence-electron chi connectivity index (χ3n) is 4.09. The fraction of sp³-hybridized carbons (Fsp3) is 0.250. The summed E-state index contributed by atoms with van der Waals surface area (Å²) in [6.07, 6.45) is 3.51. The summed E-state index contributed by atoms with van der Waals surface area (Å²) in [5.41, 5.74) is 5.28. The molecule has 0 saturated carbocycles. The zero-order valence-electron chi connectivity index (χ0n) is 14.9. The third kappa shape index (κ3) is 3.77. The number of benzene rings is 1. The fourth-order valence-corrected chi connectivity index (χ4v) is 3.93. The number of aryl methyl sites for hydroxylation is 3. The molecule has 0 aliphatic heterocycles. The van der Waals surface area contributed by atoms with E-state index in [1.165, 1.54) is 22.5 Å². The molecule has 0 spiro atoms. The number of amides is 1. The van der Waals surface area contributed by atoms with Crippen LogP contribution in [0.3, 0.4) is 0 Å². The van der Waals surface area contributed by atoms with Gasteiger partial charge in [-0.05, 0) is 38.0 Å². The van der Waals surface area contributed by atoms with Crippen LogP contribution in [0, 0.1) is 20.8 Å². The standard InChI is InChI=1S/C20H21N3OS/c1-13-7-8-17(14(2)10-13)19-22-15(3)18(25-19)20(24)23(4)12-16-6-5-9-21-11-16/h5-11H,12H2,1-4H3. The van der Waals surface area contributed by atoms with E-state index < -0.39 is 0 Å². The second-order valence-electron chi connectivity index (χ2n) is 6.27. The van der Waals surface area contributed by atoms with Gasteiger partial charge in [-0.3, -0.25) is 9.78 Å². The topological polar surface area (TPSA) is 46.1 Å². The molecule has 0 radical (unpaired) electrons. The lowest BCUT2D eigenvalue weighted by molar-refractivity contribution is 0.0789. The number of rotatable bonds is 4. The number of hydrogen-bond acceptors (Lipinski definition) is 4. The Labute approximate surface area is 152 Å². The second kappa shape index (κ2) is 7.15. The van der Waals surface area contributed by atoms with E-state index in [2.05, 4.69) is 42.0 Å². The zero-order valence-corrected chi connectivity index (χ0v) is 15.7. The van der Waals surface area contributed by atoms with Gasteiger partial charge in [0.2, 0.25) is 0 Å². The molecule has 1 aromatic carbocycles. The maximum absolute atomic E-state index is 12.8. The van der Waals surface area contributed by atoms with Crippen molar-refractivity contribution in [3.05, 3.63) is 70.0 Å². The lowest BCUT2D eigenvalue weighted by Crippen LogP contribution is -2.26. The molecule has 5 heteroatoms. The van der Waals surface area contributed by atoms with E-state index in [9.17, 15) is 4.79 Å². The van der Waals surface area contributed by atoms with Crippen LogP contribution in [-0.4, -0.2) is 27.8 Å². The van der Waals surface area contributed by atoms with E-state index in [4.69, 9.17) is 0 Å². The summed E-state index contributed by atoms with van der Waals surface area (Å²) < 4.78 is 0. The van der Waals surface area contributed by atoms with E-state index >= 15 is 0 Å². The van der Waals surface area contributed by atoms with Crippen molar-refractivity contribution in [3.8, 4) is 10.6 Å². The normalized spacial score (nSPS) is 10.7. The van der Waals surface area contributed by atoms with Crippen molar-refractivity contribution in [2.45, 2.75) is 27.3 Å². The molecule has 0 unspecified atom stereocenters. The summed E-state index contributed by atoms with van der Waals surface area (Å²) >= 11 is 1.46. The monoisotopic (exact) mass is 351 g/mol. The fourth-order valence-electron chi connectivity index (χ4n) is 2.77. The first-order chi connectivity index (χ1) is 12.0. The Morgan fingerprint density at radius 2 is 2.00 bits per heavy atom. The van der Waals surface area contributed by atoms with Gasteiger partial charge in [-0.2, -0.15) is 0 Å². The number of carbonyl (C=O) groups excluding carboxylic acids is 1. The van der Waals surface area contributed by atoms with E-state index in [0.29, 0.717) is 11.4 Å². The Balaban J connectivity index is 1.85. The van der Waals surface area contributed by atoms with Crippen molar-refractivity contribution in [2.75, 3.05) is 7.05 Å². The first-order valence-electron chi connectivity index (χ1n) is 8.15. The summed E-state index contributed by atoms with van der Waals surface area (Å²) in [4.78, 5) is 24.0. The number of nitrogens with zero attached hydrogens (tertiary/aromatic N) is 3. The molecule has 0 N–H and O–H groups in total. The molecule has 2 aromatic heterocycles. The molecule has 1 amide bonds. The van der Waals surface area contributed by atoms with Crippen LogP contribution < -0.4 is 0 Å². The van der Waals surface area contributed by atoms with E-state index in [-0.39, 0.29) is 5.91 Å². The van der Waals surface area contributed by atoms with Gasteiger partial charge in [0.15, 0.2) is 0 Å². The van der Waals surface area contributed by atoms with Crippen LogP contribution in [0.2, 0.25) is 0 Å². The molecule has 0 aliphatic carbocycles. The largest absolute Gasteiger partial charge is 0.337 e. The maximum atomic E-state index is 12.8. The zero-order chi connectivity index (χ0) is 18.0. The van der Waals surface area contributed by atoms with Crippen LogP contribution >= 0.6 is 11.3 Å². The Kier molecular flexibility index (Phi) is 4.95. The van der Waals surface area contributed by atoms with E-state index in [1.54, 1.807) is 17.3 Å². The van der Waals surface area contributed by atoms with Gasteiger partial charge in [0.05, 0.1) is 5.69 Å². The van der Waals surface area contributed by atoms with Gasteiger partial charge in [-0.15, -0.1) is 11.3 Å². The maximum Gasteiger partial charge on any atom is 0.265 e. The highest BCUT2D eigenvalue weighted by atomic mass is 32.1. The van der Waals surface area contributed by atoms with E-state index in [1.807, 2.05) is 26.1 Å². The number of thiazole rings is 1. The number of aromatic nitrogens is 2. The highest BCUT2D eigenvalue weighted by molar-refractivity contribution is 7.17. The summed E-state index contributed by atoms with van der Waals surface area (Å²) in [5.74, 6) is -0.00475. The average molecular weight is 351 g/mol. The smallest absolute Gasteiger partial charge is 0.265 e. The van der Waals surface area contributed by atoms with Crippen molar-refractivity contribution in [1.82, 2.24) is 14.9 Å². The van der Waals surface area contributed by atoms with Gasteiger partial charge >= 0.3 is 0 Å². The van der Waals surface area contributed by atoms with Gasteiger partial charge < -0.3 is 4.90 Å². The first kappa shape index (κ1) is 17.3. The van der Waals surface area contributed by atoms with E-state index in [0.717, 1.165) is 21.8 Å². The molecule has 0 atom stereocenters. The molecule has 0 saturated heterocycles. The first-order valence-corrected chi connectivity index (χ1v) is 8.97. The van der Waals surface area contributed by atoms with Crippen LogP contribution in [0.1, 0.15) is 32.1 Å². The van der Waals surface area contributed by atoms with Crippen molar-refractivity contribution < 1.29 is 4.79 Å². The Morgan fingerprint density at radius 3 is 2.68 bits per heavy atom. The predicted octanol–water partition coefficient (Wildman–Crippen LogP) is 4.40. The van der Waals surface area contributed by atoms with Gasteiger partial charge in [0.25, 0.3) is 5.91 Å². The van der Waals surface area contributed by atoms with Crippen molar-refractivity contribution >= 4 is 17.2 Å². The minimum atomic E-state index is -0.00475. The summed E-state index contributed by atoms with van der Waals surface area (Å²) in [5, 5.41) is 0.896. The van der Waals surface area contributed by atoms with Gasteiger partial charge in [0, 0.05) is 31.5 Å². The van der Waals surface area contributed by atoms with Gasteiger partial charge in [-0.25, -0.2) is 4.98 Å². The molecule has 4 nitrogen and oxygen atoms in total. The van der Waals surface area contributed by atoms with Crippen molar-refractivity contribution in [1.29, 1.82) is 0 Å². The Morgan fingerprint density at radius 1 is 1.20 bits per heavy atom. The number of carbonyl (C=O) groups is 1. The quantitative estimate of drug-likeness (QED) is 0.700. The van der Waals surface area contributed by atoms with Crippen LogP contribution in [0.4, 0.5) is 0 Å². The number of hydrogen-bond donors (Lipinski definition) is 0. The minimum Gasteiger partial charge on any atom is -0.337 e. The second-order valence-corrected chi connectivity index (χ2v) is 7.27. The van der Waals surface area contributed by atoms with Crippen molar-refractivity contribution in [2.24, 2.45) is 0 Å². The molecule has 3 rings (SSSR count). The predicted molar refractivity (Wildman–Crippen MR) is 102 cm³/mol. The molecule has 0 bridgehead atoms. The lowest BCUT2D eigenvalue weighted by atomic mass is 10.1. The lowest BCUT2D eigenvalue weighted by Gasteiger charge is -2.16. The summed E-state index contributed by atoms with van der Waals surface area (Å²) in [6, 6.07) is 10.1. The van der Waals surface area contributed by atoms with Gasteiger partial charge in [-0.1, -0.05) is 29.8 Å². The van der Waals surface area contributed by atoms with Crippen LogP contribution in [0.5, 0.6) is 0 Å². The molecule has 25 heavy (non-hydrogen) atoms. The summed E-state index contributed by atoms with van der Waals surface area (Å²) in [6.45, 7) is 6.58. The molecule has 0 fully saturated rings. The SMILES string of the molecule is Cc1ccc(-c2nc(C)c(C(=O)N(C)Cc3cccnc3)s2)c(C)c1. The van der Waals surface area contributed by atoms with Crippen LogP contribution in [0.25, 0.3) is 10.6 Å². The van der Waals surface area contributed by atoms with Crippen molar-refractivity contribution in [3.63, 3.8) is 0 Å².